The van der Waals surface area contributed by atoms with Gasteiger partial charge in [-0.15, -0.1) is 0 Å². The molecule has 0 radical (unpaired) electrons. The molecule has 0 atom stereocenters. The molecule has 0 aliphatic carbocycles. The fourth-order valence-electron chi connectivity index (χ4n) is 2.30. The second kappa shape index (κ2) is 5.14. The lowest BCUT2D eigenvalue weighted by atomic mass is 9.76. The fraction of sp³-hybridized carbons (Fsp3) is 0.562. The predicted octanol–water partition coefficient (Wildman–Crippen LogP) is 2.00. The van der Waals surface area contributed by atoms with Gasteiger partial charge < -0.3 is 14.2 Å². The van der Waals surface area contributed by atoms with Crippen LogP contribution in [0.5, 0.6) is 0 Å². The number of aryl methyl sites for hydroxylation is 1. The van der Waals surface area contributed by atoms with Crippen molar-refractivity contribution >= 4 is 18.5 Å². The van der Waals surface area contributed by atoms with E-state index in [9.17, 15) is 4.79 Å². The van der Waals surface area contributed by atoms with E-state index in [-0.39, 0.29) is 17.1 Å². The first kappa shape index (κ1) is 16.1. The van der Waals surface area contributed by atoms with Gasteiger partial charge in [-0.1, -0.05) is 11.6 Å². The van der Waals surface area contributed by atoms with Crippen LogP contribution in [0.25, 0.3) is 0 Å². The summed E-state index contributed by atoms with van der Waals surface area (Å²) in [5.74, 6) is -0.00133. The van der Waals surface area contributed by atoms with Crippen LogP contribution < -0.4 is 5.46 Å². The molecule has 1 amide bonds. The molecule has 0 saturated carbocycles. The standard InChI is InChI=1S/C16H24BNO3/c1-11-10-12(14(19)18(6)7)8-9-13(11)17-20-15(2,3)16(4,5)21-17/h8-10H,1-7H3. The van der Waals surface area contributed by atoms with Crippen molar-refractivity contribution in [1.82, 2.24) is 4.90 Å². The van der Waals surface area contributed by atoms with Crippen LogP contribution in [-0.4, -0.2) is 43.2 Å². The summed E-state index contributed by atoms with van der Waals surface area (Å²) in [6.07, 6.45) is 0. The maximum Gasteiger partial charge on any atom is 0.495 e. The number of benzene rings is 1. The smallest absolute Gasteiger partial charge is 0.399 e. The van der Waals surface area contributed by atoms with Crippen LogP contribution in [0, 0.1) is 6.92 Å². The fourth-order valence-corrected chi connectivity index (χ4v) is 2.30. The summed E-state index contributed by atoms with van der Waals surface area (Å²) in [6.45, 7) is 10.1. The van der Waals surface area contributed by atoms with Gasteiger partial charge in [-0.05, 0) is 52.2 Å². The maximum absolute atomic E-state index is 12.0. The van der Waals surface area contributed by atoms with Crippen molar-refractivity contribution in [2.45, 2.75) is 45.8 Å². The summed E-state index contributed by atoms with van der Waals surface area (Å²) in [4.78, 5) is 13.6. The van der Waals surface area contributed by atoms with Crippen molar-refractivity contribution in [3.05, 3.63) is 29.3 Å². The summed E-state index contributed by atoms with van der Waals surface area (Å²) in [7, 11) is 3.11. The van der Waals surface area contributed by atoms with Crippen molar-refractivity contribution in [3.63, 3.8) is 0 Å². The highest BCUT2D eigenvalue weighted by molar-refractivity contribution is 6.62. The van der Waals surface area contributed by atoms with Crippen LogP contribution in [0.1, 0.15) is 43.6 Å². The molecule has 1 aromatic carbocycles. The van der Waals surface area contributed by atoms with E-state index in [1.54, 1.807) is 19.0 Å². The maximum atomic E-state index is 12.0. The molecule has 0 aromatic heterocycles. The Hall–Kier alpha value is -1.33. The summed E-state index contributed by atoms with van der Waals surface area (Å²) >= 11 is 0. The number of carbonyl (C=O) groups excluding carboxylic acids is 1. The minimum atomic E-state index is -0.390. The molecule has 1 heterocycles. The first-order valence-electron chi connectivity index (χ1n) is 7.23. The Morgan fingerprint density at radius 3 is 2.05 bits per heavy atom. The van der Waals surface area contributed by atoms with Crippen LogP contribution in [0.15, 0.2) is 18.2 Å². The van der Waals surface area contributed by atoms with Crippen molar-refractivity contribution in [3.8, 4) is 0 Å². The first-order valence-corrected chi connectivity index (χ1v) is 7.23. The number of hydrogen-bond acceptors (Lipinski definition) is 3. The lowest BCUT2D eigenvalue weighted by Gasteiger charge is -2.32. The second-order valence-electron chi connectivity index (χ2n) is 6.86. The molecule has 1 fully saturated rings. The summed E-state index contributed by atoms with van der Waals surface area (Å²) in [6, 6.07) is 5.65. The molecule has 0 spiro atoms. The van der Waals surface area contributed by atoms with E-state index in [0.29, 0.717) is 5.56 Å². The van der Waals surface area contributed by atoms with E-state index in [4.69, 9.17) is 9.31 Å². The van der Waals surface area contributed by atoms with Crippen LogP contribution >= 0.6 is 0 Å². The Balaban J connectivity index is 2.30. The summed E-state index contributed by atoms with van der Waals surface area (Å²) in [5.41, 5.74) is 1.94. The van der Waals surface area contributed by atoms with Gasteiger partial charge in [0.1, 0.15) is 0 Å². The Morgan fingerprint density at radius 2 is 1.62 bits per heavy atom. The quantitative estimate of drug-likeness (QED) is 0.782. The largest absolute Gasteiger partial charge is 0.495 e. The molecule has 1 aliphatic rings. The normalized spacial score (nSPS) is 19.7. The summed E-state index contributed by atoms with van der Waals surface area (Å²) in [5, 5.41) is 0. The van der Waals surface area contributed by atoms with E-state index in [1.807, 2.05) is 52.8 Å². The molecular formula is C16H24BNO3. The zero-order valence-electron chi connectivity index (χ0n) is 14.0. The highest BCUT2D eigenvalue weighted by Crippen LogP contribution is 2.36. The molecule has 114 valence electrons. The van der Waals surface area contributed by atoms with E-state index < -0.39 is 7.12 Å². The Morgan fingerprint density at radius 1 is 1.10 bits per heavy atom. The summed E-state index contributed by atoms with van der Waals surface area (Å²) < 4.78 is 12.1. The zero-order chi connectivity index (χ0) is 16.0. The third-order valence-corrected chi connectivity index (χ3v) is 4.43. The van der Waals surface area contributed by atoms with Crippen LogP contribution in [0.4, 0.5) is 0 Å². The van der Waals surface area contributed by atoms with Gasteiger partial charge in [0.2, 0.25) is 0 Å². The average molecular weight is 289 g/mol. The number of nitrogens with zero attached hydrogens (tertiary/aromatic N) is 1. The number of amides is 1. The van der Waals surface area contributed by atoms with Gasteiger partial charge in [0.25, 0.3) is 5.91 Å². The van der Waals surface area contributed by atoms with Gasteiger partial charge in [0, 0.05) is 19.7 Å². The minimum Gasteiger partial charge on any atom is -0.399 e. The van der Waals surface area contributed by atoms with Crippen molar-refractivity contribution in [1.29, 1.82) is 0 Å². The average Bonchev–Trinajstić information content (AvgIpc) is 2.56. The van der Waals surface area contributed by atoms with Gasteiger partial charge in [0.05, 0.1) is 11.2 Å². The molecule has 0 unspecified atom stereocenters. The van der Waals surface area contributed by atoms with Crippen LogP contribution in [0.2, 0.25) is 0 Å². The zero-order valence-corrected chi connectivity index (χ0v) is 14.0. The minimum absolute atomic E-state index is 0.00133. The molecular weight excluding hydrogens is 265 g/mol. The monoisotopic (exact) mass is 289 g/mol. The topological polar surface area (TPSA) is 38.8 Å². The third-order valence-electron chi connectivity index (χ3n) is 4.43. The van der Waals surface area contributed by atoms with E-state index in [0.717, 1.165) is 11.0 Å². The first-order chi connectivity index (χ1) is 9.55. The Kier molecular flexibility index (Phi) is 3.93. The van der Waals surface area contributed by atoms with Crippen molar-refractivity contribution < 1.29 is 14.1 Å². The van der Waals surface area contributed by atoms with E-state index in [2.05, 4.69) is 0 Å². The van der Waals surface area contributed by atoms with Gasteiger partial charge in [-0.3, -0.25) is 4.79 Å². The van der Waals surface area contributed by atoms with E-state index in [1.165, 1.54) is 0 Å². The van der Waals surface area contributed by atoms with E-state index >= 15 is 0 Å². The molecule has 1 aliphatic heterocycles. The molecule has 0 N–H and O–H groups in total. The van der Waals surface area contributed by atoms with Gasteiger partial charge in [-0.25, -0.2) is 0 Å². The molecule has 1 aromatic rings. The highest BCUT2D eigenvalue weighted by Gasteiger charge is 2.52. The predicted molar refractivity (Wildman–Crippen MR) is 84.9 cm³/mol. The van der Waals surface area contributed by atoms with Crippen molar-refractivity contribution in [2.24, 2.45) is 0 Å². The Labute approximate surface area is 127 Å². The Bertz CT molecular complexity index is 551. The molecule has 21 heavy (non-hydrogen) atoms. The van der Waals surface area contributed by atoms with Crippen molar-refractivity contribution in [2.75, 3.05) is 14.1 Å². The molecule has 5 heteroatoms. The van der Waals surface area contributed by atoms with Gasteiger partial charge in [-0.2, -0.15) is 0 Å². The van der Waals surface area contributed by atoms with Crippen LogP contribution in [-0.2, 0) is 9.31 Å². The third kappa shape index (κ3) is 2.85. The molecule has 1 saturated heterocycles. The molecule has 2 rings (SSSR count). The number of rotatable bonds is 2. The van der Waals surface area contributed by atoms with Crippen LogP contribution in [0.3, 0.4) is 0 Å². The lowest BCUT2D eigenvalue weighted by molar-refractivity contribution is 0.00578. The van der Waals surface area contributed by atoms with Gasteiger partial charge >= 0.3 is 7.12 Å². The molecule has 0 bridgehead atoms. The SMILES string of the molecule is Cc1cc(C(=O)N(C)C)ccc1B1OC(C)(C)C(C)(C)O1. The second-order valence-corrected chi connectivity index (χ2v) is 6.86. The number of carbonyl (C=O) groups is 1. The molecule has 4 nitrogen and oxygen atoms in total. The lowest BCUT2D eigenvalue weighted by Crippen LogP contribution is -2.41. The number of hydrogen-bond donors (Lipinski definition) is 0. The van der Waals surface area contributed by atoms with Gasteiger partial charge in [0.15, 0.2) is 0 Å². The highest BCUT2D eigenvalue weighted by atomic mass is 16.7.